The van der Waals surface area contributed by atoms with Gasteiger partial charge in [-0.15, -0.1) is 0 Å². The van der Waals surface area contributed by atoms with Crippen LogP contribution >= 0.6 is 0 Å². The van der Waals surface area contributed by atoms with Crippen molar-refractivity contribution in [2.24, 2.45) is 11.3 Å². The molecule has 1 N–H and O–H groups in total. The normalized spacial score (nSPS) is 23.8. The van der Waals surface area contributed by atoms with Gasteiger partial charge in [0.05, 0.1) is 13.3 Å². The van der Waals surface area contributed by atoms with Gasteiger partial charge in [0.1, 0.15) is 5.69 Å². The van der Waals surface area contributed by atoms with Gasteiger partial charge in [-0.2, -0.15) is 5.10 Å². The van der Waals surface area contributed by atoms with E-state index < -0.39 is 0 Å². The number of rotatable bonds is 5. The van der Waals surface area contributed by atoms with Crippen molar-refractivity contribution in [1.29, 1.82) is 0 Å². The van der Waals surface area contributed by atoms with E-state index in [9.17, 15) is 4.79 Å². The minimum atomic E-state index is 0.172. The molecule has 1 unspecified atom stereocenters. The molecule has 20 heavy (non-hydrogen) atoms. The van der Waals surface area contributed by atoms with Gasteiger partial charge in [0, 0.05) is 12.5 Å². The Morgan fingerprint density at radius 1 is 1.55 bits per heavy atom. The average Bonchev–Trinajstić information content (AvgIpc) is 2.99. The van der Waals surface area contributed by atoms with E-state index in [2.05, 4.69) is 17.3 Å². The highest BCUT2D eigenvalue weighted by Gasteiger charge is 2.58. The van der Waals surface area contributed by atoms with Gasteiger partial charge >= 0.3 is 0 Å². The van der Waals surface area contributed by atoms with Gasteiger partial charge in [-0.3, -0.25) is 9.48 Å². The first-order valence-electron chi connectivity index (χ1n) is 7.56. The zero-order valence-corrected chi connectivity index (χ0v) is 12.3. The monoisotopic (exact) mass is 277 g/mol. The van der Waals surface area contributed by atoms with Crippen LogP contribution in [0.25, 0.3) is 0 Å². The molecule has 1 spiro atoms. The lowest BCUT2D eigenvalue weighted by Gasteiger charge is -2.23. The standard InChI is InChI=1S/C15H23N3O2/c1-3-8-18-13(12(20-2)10-17-18)14(19)11-9-15(11)4-6-16-7-5-15/h10-11,16H,3-9H2,1-2H3. The highest BCUT2D eigenvalue weighted by Crippen LogP contribution is 2.59. The molecule has 5 heteroatoms. The Morgan fingerprint density at radius 3 is 2.95 bits per heavy atom. The van der Waals surface area contributed by atoms with Crippen LogP contribution in [-0.4, -0.2) is 35.8 Å². The summed E-state index contributed by atoms with van der Waals surface area (Å²) in [4.78, 5) is 12.9. The van der Waals surface area contributed by atoms with Gasteiger partial charge in [0.15, 0.2) is 11.5 Å². The second kappa shape index (κ2) is 5.20. The summed E-state index contributed by atoms with van der Waals surface area (Å²) in [6, 6.07) is 0. The minimum absolute atomic E-state index is 0.172. The highest BCUT2D eigenvalue weighted by atomic mass is 16.5. The number of ketones is 1. The number of ether oxygens (including phenoxy) is 1. The number of Topliss-reactive ketones (excluding diaryl/α,β-unsaturated/α-hetero) is 1. The lowest BCUT2D eigenvalue weighted by atomic mass is 9.90. The number of carbonyl (C=O) groups excluding carboxylic acids is 1. The third-order valence-corrected chi connectivity index (χ3v) is 4.80. The number of methoxy groups -OCH3 is 1. The second-order valence-electron chi connectivity index (χ2n) is 6.02. The Labute approximate surface area is 119 Å². The number of carbonyl (C=O) groups is 1. The Bertz CT molecular complexity index is 503. The number of hydrogen-bond donors (Lipinski definition) is 1. The summed E-state index contributed by atoms with van der Waals surface area (Å²) in [5.74, 6) is 1.03. The van der Waals surface area contributed by atoms with Crippen LogP contribution < -0.4 is 10.1 Å². The summed E-state index contributed by atoms with van der Waals surface area (Å²) in [6.45, 7) is 4.93. The summed E-state index contributed by atoms with van der Waals surface area (Å²) < 4.78 is 7.14. The van der Waals surface area contributed by atoms with E-state index >= 15 is 0 Å². The van der Waals surface area contributed by atoms with Crippen molar-refractivity contribution in [2.75, 3.05) is 20.2 Å². The first kappa shape index (κ1) is 13.6. The molecule has 110 valence electrons. The van der Waals surface area contributed by atoms with E-state index in [1.807, 2.05) is 4.68 Å². The van der Waals surface area contributed by atoms with Gasteiger partial charge in [-0.25, -0.2) is 0 Å². The van der Waals surface area contributed by atoms with Gasteiger partial charge in [-0.1, -0.05) is 6.92 Å². The third kappa shape index (κ3) is 2.14. The topological polar surface area (TPSA) is 56.2 Å². The Kier molecular flexibility index (Phi) is 3.54. The van der Waals surface area contributed by atoms with E-state index in [1.54, 1.807) is 13.3 Å². The maximum Gasteiger partial charge on any atom is 0.188 e. The highest BCUT2D eigenvalue weighted by molar-refractivity contribution is 6.01. The van der Waals surface area contributed by atoms with Crippen LogP contribution in [0.5, 0.6) is 5.75 Å². The number of hydrogen-bond acceptors (Lipinski definition) is 4. The van der Waals surface area contributed by atoms with Gasteiger partial charge in [0.25, 0.3) is 0 Å². The predicted octanol–water partition coefficient (Wildman–Crippen LogP) is 1.87. The summed E-state index contributed by atoms with van der Waals surface area (Å²) in [6.07, 6.45) is 5.90. The van der Waals surface area contributed by atoms with Gasteiger partial charge in [0.2, 0.25) is 0 Å². The number of nitrogens with zero attached hydrogens (tertiary/aromatic N) is 2. The molecular weight excluding hydrogens is 254 g/mol. The van der Waals surface area contributed by atoms with Crippen LogP contribution in [0.15, 0.2) is 6.20 Å². The maximum absolute atomic E-state index is 12.9. The molecule has 2 aliphatic rings. The molecule has 1 saturated heterocycles. The van der Waals surface area contributed by atoms with Crippen LogP contribution in [0.4, 0.5) is 0 Å². The largest absolute Gasteiger partial charge is 0.493 e. The molecule has 0 amide bonds. The van der Waals surface area contributed by atoms with E-state index in [4.69, 9.17) is 4.74 Å². The molecule has 0 bridgehead atoms. The predicted molar refractivity (Wildman–Crippen MR) is 76.0 cm³/mol. The van der Waals surface area contributed by atoms with Crippen LogP contribution in [-0.2, 0) is 6.54 Å². The first-order chi connectivity index (χ1) is 9.72. The molecule has 2 heterocycles. The summed E-state index contributed by atoms with van der Waals surface area (Å²) in [5.41, 5.74) is 0.934. The molecule has 2 fully saturated rings. The molecule has 1 aliphatic carbocycles. The molecule has 1 atom stereocenters. The van der Waals surface area contributed by atoms with E-state index in [0.717, 1.165) is 45.3 Å². The lowest BCUT2D eigenvalue weighted by Crippen LogP contribution is -2.31. The van der Waals surface area contributed by atoms with Crippen molar-refractivity contribution in [3.8, 4) is 5.75 Å². The first-order valence-corrected chi connectivity index (χ1v) is 7.56. The Hall–Kier alpha value is -1.36. The average molecular weight is 277 g/mol. The summed E-state index contributed by atoms with van der Waals surface area (Å²) in [7, 11) is 1.61. The molecule has 1 saturated carbocycles. The number of nitrogens with one attached hydrogen (secondary N) is 1. The molecular formula is C15H23N3O2. The van der Waals surface area contributed by atoms with Crippen molar-refractivity contribution in [3.63, 3.8) is 0 Å². The number of piperidine rings is 1. The van der Waals surface area contributed by atoms with Crippen LogP contribution in [0.2, 0.25) is 0 Å². The van der Waals surface area contributed by atoms with Crippen molar-refractivity contribution in [1.82, 2.24) is 15.1 Å². The Morgan fingerprint density at radius 2 is 2.30 bits per heavy atom. The van der Waals surface area contributed by atoms with Gasteiger partial charge < -0.3 is 10.1 Å². The summed E-state index contributed by atoms with van der Waals surface area (Å²) >= 11 is 0. The fraction of sp³-hybridized carbons (Fsp3) is 0.733. The molecule has 1 aromatic rings. The number of aryl methyl sites for hydroxylation is 1. The van der Waals surface area contributed by atoms with E-state index in [-0.39, 0.29) is 17.1 Å². The minimum Gasteiger partial charge on any atom is -0.493 e. The zero-order valence-electron chi connectivity index (χ0n) is 12.3. The fourth-order valence-electron chi connectivity index (χ4n) is 3.51. The van der Waals surface area contributed by atoms with Crippen molar-refractivity contribution < 1.29 is 9.53 Å². The fourth-order valence-corrected chi connectivity index (χ4v) is 3.51. The van der Waals surface area contributed by atoms with Crippen molar-refractivity contribution in [3.05, 3.63) is 11.9 Å². The van der Waals surface area contributed by atoms with Crippen LogP contribution in [0.3, 0.4) is 0 Å². The quantitative estimate of drug-likeness (QED) is 0.835. The summed E-state index contributed by atoms with van der Waals surface area (Å²) in [5, 5.41) is 7.68. The van der Waals surface area contributed by atoms with E-state index in [0.29, 0.717) is 11.4 Å². The molecule has 0 radical (unpaired) electrons. The second-order valence-corrected chi connectivity index (χ2v) is 6.02. The SMILES string of the molecule is CCCn1ncc(OC)c1C(=O)C1CC12CCNCC2. The lowest BCUT2D eigenvalue weighted by molar-refractivity contribution is 0.0926. The molecule has 0 aromatic carbocycles. The zero-order chi connectivity index (χ0) is 14.2. The molecule has 5 nitrogen and oxygen atoms in total. The third-order valence-electron chi connectivity index (χ3n) is 4.80. The van der Waals surface area contributed by atoms with Crippen molar-refractivity contribution in [2.45, 2.75) is 39.2 Å². The maximum atomic E-state index is 12.9. The molecule has 3 rings (SSSR count). The molecule has 1 aliphatic heterocycles. The van der Waals surface area contributed by atoms with Gasteiger partial charge in [-0.05, 0) is 44.2 Å². The smallest absolute Gasteiger partial charge is 0.188 e. The molecule has 1 aromatic heterocycles. The van der Waals surface area contributed by atoms with Crippen LogP contribution in [0, 0.1) is 11.3 Å². The van der Waals surface area contributed by atoms with E-state index in [1.165, 1.54) is 0 Å². The van der Waals surface area contributed by atoms with Crippen LogP contribution in [0.1, 0.15) is 43.1 Å². The number of aromatic nitrogens is 2. The Balaban J connectivity index is 1.82. The van der Waals surface area contributed by atoms with Crippen molar-refractivity contribution >= 4 is 5.78 Å².